The van der Waals surface area contributed by atoms with E-state index in [4.69, 9.17) is 9.98 Å². The summed E-state index contributed by atoms with van der Waals surface area (Å²) in [6.45, 7) is 2.32. The lowest BCUT2D eigenvalue weighted by Crippen LogP contribution is -2.17. The highest BCUT2D eigenvalue weighted by molar-refractivity contribution is 7.25. The molecule has 1 unspecified atom stereocenters. The van der Waals surface area contributed by atoms with Crippen LogP contribution >= 0.6 is 11.3 Å². The number of hydrogen-bond acceptors (Lipinski definition) is 3. The van der Waals surface area contributed by atoms with Gasteiger partial charge in [0.2, 0.25) is 0 Å². The summed E-state index contributed by atoms with van der Waals surface area (Å²) in [5.41, 5.74) is 14.2. The molecule has 4 heteroatoms. The number of fused-ring (bicyclic) bond motifs is 10. The van der Waals surface area contributed by atoms with Crippen LogP contribution in [0, 0.1) is 5.92 Å². The van der Waals surface area contributed by atoms with Crippen molar-refractivity contribution in [2.24, 2.45) is 15.9 Å². The second kappa shape index (κ2) is 13.1. The molecule has 0 amide bonds. The Hall–Kier alpha value is -6.88. The van der Waals surface area contributed by atoms with Crippen molar-refractivity contribution >= 4 is 81.3 Å². The maximum absolute atomic E-state index is 5.68. The zero-order valence-electron chi connectivity index (χ0n) is 32.0. The van der Waals surface area contributed by atoms with Gasteiger partial charge in [0.25, 0.3) is 0 Å². The highest BCUT2D eigenvalue weighted by atomic mass is 32.1. The Morgan fingerprint density at radius 3 is 2.19 bits per heavy atom. The molecule has 3 nitrogen and oxygen atoms in total. The van der Waals surface area contributed by atoms with Gasteiger partial charge in [0, 0.05) is 48.0 Å². The summed E-state index contributed by atoms with van der Waals surface area (Å²) in [5.74, 6) is 0.880. The van der Waals surface area contributed by atoms with Crippen molar-refractivity contribution in [3.8, 4) is 16.8 Å². The molecular formula is C54H37N3S. The summed E-state index contributed by atoms with van der Waals surface area (Å²) < 4.78 is 5.09. The number of benzene rings is 8. The number of amidine groups is 1. The maximum atomic E-state index is 5.68. The Morgan fingerprint density at radius 1 is 0.552 bits per heavy atom. The van der Waals surface area contributed by atoms with E-state index in [1.54, 1.807) is 0 Å². The number of thiophene rings is 1. The number of aliphatic imine (C=N–C) groups is 2. The number of para-hydroxylation sites is 1. The summed E-state index contributed by atoms with van der Waals surface area (Å²) in [4.78, 5) is 11.3. The number of allylic oxidation sites excluding steroid dienone is 1. The first-order valence-corrected chi connectivity index (χ1v) is 21.0. The topological polar surface area (TPSA) is 29.6 Å². The Balaban J connectivity index is 1.12. The average molecular weight is 760 g/mol. The van der Waals surface area contributed by atoms with E-state index in [0.29, 0.717) is 0 Å². The van der Waals surface area contributed by atoms with E-state index in [2.05, 4.69) is 187 Å². The summed E-state index contributed by atoms with van der Waals surface area (Å²) in [7, 11) is 0. The van der Waals surface area contributed by atoms with Gasteiger partial charge in [0.1, 0.15) is 0 Å². The van der Waals surface area contributed by atoms with Gasteiger partial charge >= 0.3 is 0 Å². The predicted octanol–water partition coefficient (Wildman–Crippen LogP) is 14.2. The van der Waals surface area contributed by atoms with Crippen LogP contribution in [0.4, 0.5) is 0 Å². The molecule has 3 heterocycles. The largest absolute Gasteiger partial charge is 0.309 e. The molecule has 0 radical (unpaired) electrons. The van der Waals surface area contributed by atoms with Crippen LogP contribution in [0.2, 0.25) is 0 Å². The molecule has 2 aromatic heterocycles. The fraction of sp³-hybridized carbons (Fsp3) is 0.0741. The van der Waals surface area contributed by atoms with Crippen LogP contribution in [0.1, 0.15) is 41.2 Å². The molecule has 0 saturated carbocycles. The highest BCUT2D eigenvalue weighted by Crippen LogP contribution is 2.46. The first kappa shape index (κ1) is 33.3. The van der Waals surface area contributed by atoms with Gasteiger partial charge in [-0.3, -0.25) is 0 Å². The molecule has 1 aliphatic heterocycles. The van der Waals surface area contributed by atoms with Crippen LogP contribution in [-0.4, -0.2) is 16.1 Å². The standard InChI is InChI=1S/C54H37N3S/c1-33-23-27-46(55-54(34-13-3-2-4-14-34)56-53(33)38-24-25-43-42-20-10-12-22-50(42)58-51(43)32-38)52-45-30-37-17-7-8-18-39(37)40(45)26-28-48(52)57-47-21-11-9-19-41(47)44-29-35-15-5-6-16-36(35)31-49(44)57/h2-22,24-29,31-33H,23,30H2,1H3/b46-27+,55-54-,56-53+. The minimum absolute atomic E-state index is 0.146. The first-order valence-electron chi connectivity index (χ1n) is 20.2. The lowest BCUT2D eigenvalue weighted by atomic mass is 9.91. The number of aromatic nitrogens is 1. The minimum atomic E-state index is 0.146. The van der Waals surface area contributed by atoms with E-state index in [9.17, 15) is 0 Å². The third kappa shape index (κ3) is 5.18. The van der Waals surface area contributed by atoms with Crippen molar-refractivity contribution in [3.05, 3.63) is 204 Å². The normalized spacial score (nSPS) is 18.0. The molecular weight excluding hydrogens is 723 g/mol. The molecule has 8 aromatic carbocycles. The summed E-state index contributed by atoms with van der Waals surface area (Å²) >= 11 is 1.85. The van der Waals surface area contributed by atoms with Gasteiger partial charge in [0.15, 0.2) is 5.84 Å². The van der Waals surface area contributed by atoms with Crippen molar-refractivity contribution in [1.82, 2.24) is 4.57 Å². The van der Waals surface area contributed by atoms with Gasteiger partial charge in [-0.15, -0.1) is 11.3 Å². The smallest absolute Gasteiger partial charge is 0.160 e. The molecule has 12 rings (SSSR count). The molecule has 0 bridgehead atoms. The van der Waals surface area contributed by atoms with E-state index in [1.807, 2.05) is 11.3 Å². The van der Waals surface area contributed by atoms with E-state index < -0.39 is 0 Å². The van der Waals surface area contributed by atoms with Crippen LogP contribution < -0.4 is 0 Å². The van der Waals surface area contributed by atoms with Gasteiger partial charge in [0.05, 0.1) is 28.1 Å². The zero-order chi connectivity index (χ0) is 38.3. The predicted molar refractivity (Wildman–Crippen MR) is 247 cm³/mol. The Labute approximate surface area is 340 Å². The van der Waals surface area contributed by atoms with Crippen molar-refractivity contribution in [1.29, 1.82) is 0 Å². The molecule has 274 valence electrons. The fourth-order valence-electron chi connectivity index (χ4n) is 9.50. The van der Waals surface area contributed by atoms with Gasteiger partial charge in [-0.1, -0.05) is 146 Å². The molecule has 10 aromatic rings. The SMILES string of the molecule is CC1C/C=C(c2c(-n3c4ccccc4c4cc5ccccc5cc43)ccc3c2Cc2ccccc2-3)/N=C(c2ccccc2)\N=C/1c1ccc2c(c1)sc1ccccc12. The van der Waals surface area contributed by atoms with Crippen molar-refractivity contribution in [2.75, 3.05) is 0 Å². The molecule has 0 fully saturated rings. The summed E-state index contributed by atoms with van der Waals surface area (Å²) in [6.07, 6.45) is 4.05. The summed E-state index contributed by atoms with van der Waals surface area (Å²) in [6, 6.07) is 62.0. The third-order valence-electron chi connectivity index (χ3n) is 12.3. The average Bonchev–Trinajstić information content (AvgIpc) is 3.94. The molecule has 0 spiro atoms. The monoisotopic (exact) mass is 759 g/mol. The maximum Gasteiger partial charge on any atom is 0.160 e. The second-order valence-corrected chi connectivity index (χ2v) is 16.8. The van der Waals surface area contributed by atoms with Crippen LogP contribution in [0.5, 0.6) is 0 Å². The van der Waals surface area contributed by atoms with Gasteiger partial charge in [-0.2, -0.15) is 0 Å². The van der Waals surface area contributed by atoms with Crippen LogP contribution in [-0.2, 0) is 6.42 Å². The summed E-state index contributed by atoms with van der Waals surface area (Å²) in [5, 5.41) is 7.58. The number of hydrogen-bond donors (Lipinski definition) is 0. The Morgan fingerprint density at radius 2 is 1.29 bits per heavy atom. The lowest BCUT2D eigenvalue weighted by molar-refractivity contribution is 0.790. The quantitative estimate of drug-likeness (QED) is 0.171. The molecule has 0 N–H and O–H groups in total. The van der Waals surface area contributed by atoms with Crippen LogP contribution in [0.15, 0.2) is 186 Å². The number of rotatable bonds is 4. The highest BCUT2D eigenvalue weighted by Gasteiger charge is 2.28. The molecule has 2 aliphatic rings. The van der Waals surface area contributed by atoms with E-state index in [-0.39, 0.29) is 5.92 Å². The molecule has 1 aliphatic carbocycles. The van der Waals surface area contributed by atoms with E-state index >= 15 is 0 Å². The van der Waals surface area contributed by atoms with Gasteiger partial charge < -0.3 is 4.57 Å². The molecule has 0 saturated heterocycles. The first-order chi connectivity index (χ1) is 28.7. The van der Waals surface area contributed by atoms with Crippen molar-refractivity contribution in [3.63, 3.8) is 0 Å². The second-order valence-electron chi connectivity index (χ2n) is 15.7. The van der Waals surface area contributed by atoms with Crippen LogP contribution in [0.25, 0.3) is 75.3 Å². The van der Waals surface area contributed by atoms with Crippen LogP contribution in [0.3, 0.4) is 0 Å². The molecule has 58 heavy (non-hydrogen) atoms. The fourth-order valence-corrected chi connectivity index (χ4v) is 10.6. The van der Waals surface area contributed by atoms with Gasteiger partial charge in [-0.05, 0) is 87.8 Å². The lowest BCUT2D eigenvalue weighted by Gasteiger charge is -2.22. The van der Waals surface area contributed by atoms with Gasteiger partial charge in [-0.25, -0.2) is 9.98 Å². The minimum Gasteiger partial charge on any atom is -0.309 e. The third-order valence-corrected chi connectivity index (χ3v) is 13.4. The Kier molecular flexibility index (Phi) is 7.51. The Bertz CT molecular complexity index is 3410. The van der Waals surface area contributed by atoms with E-state index in [1.165, 1.54) is 80.6 Å². The van der Waals surface area contributed by atoms with Crippen molar-refractivity contribution in [2.45, 2.75) is 19.8 Å². The van der Waals surface area contributed by atoms with E-state index in [0.717, 1.165) is 46.9 Å². The zero-order valence-corrected chi connectivity index (χ0v) is 32.8. The molecule has 1 atom stereocenters. The van der Waals surface area contributed by atoms with Crippen molar-refractivity contribution < 1.29 is 0 Å². The number of nitrogens with zero attached hydrogens (tertiary/aromatic N) is 3.